The highest BCUT2D eigenvalue weighted by atomic mass is 32.2. The number of sulfone groups is 1. The highest BCUT2D eigenvalue weighted by Gasteiger charge is 2.22. The average molecular weight is 433 g/mol. The number of halogens is 2. The van der Waals surface area contributed by atoms with E-state index in [0.29, 0.717) is 25.7 Å². The van der Waals surface area contributed by atoms with Gasteiger partial charge in [-0.25, -0.2) is 17.2 Å². The van der Waals surface area contributed by atoms with Crippen molar-refractivity contribution in [1.82, 2.24) is 15.5 Å². The molecule has 1 aliphatic rings. The van der Waals surface area contributed by atoms with Crippen molar-refractivity contribution in [3.8, 4) is 0 Å². The van der Waals surface area contributed by atoms with Crippen molar-refractivity contribution in [2.24, 2.45) is 4.99 Å². The Hall–Kier alpha value is -1.78. The summed E-state index contributed by atoms with van der Waals surface area (Å²) in [7, 11) is -1.36. The van der Waals surface area contributed by atoms with E-state index in [4.69, 9.17) is 4.74 Å². The van der Waals surface area contributed by atoms with Crippen molar-refractivity contribution in [2.45, 2.75) is 25.4 Å². The van der Waals surface area contributed by atoms with E-state index in [1.54, 1.807) is 7.05 Å². The Morgan fingerprint density at radius 2 is 2.03 bits per heavy atom. The maximum Gasteiger partial charge on any atom is 0.191 e. The van der Waals surface area contributed by atoms with Crippen LogP contribution in [0.2, 0.25) is 0 Å². The summed E-state index contributed by atoms with van der Waals surface area (Å²) < 4.78 is 55.2. The molecule has 1 saturated heterocycles. The molecule has 0 saturated carbocycles. The molecule has 0 aromatic heterocycles. The molecule has 0 amide bonds. The standard InChI is InChI=1S/C19H30F2N4O3S/c1-22-19(23-8-10-28-11-12-29(2,26)27)24-15-5-4-9-25(13-15)14-16-17(20)6-3-7-18(16)21/h3,6-7,15H,4-5,8-14H2,1-2H3,(H2,22,23,24). The number of benzene rings is 1. The zero-order chi connectivity index (χ0) is 21.3. The Morgan fingerprint density at radius 1 is 1.31 bits per heavy atom. The molecular formula is C19H30F2N4O3S. The van der Waals surface area contributed by atoms with Crippen LogP contribution in [0.25, 0.3) is 0 Å². The maximum absolute atomic E-state index is 13.9. The third-order valence-corrected chi connectivity index (χ3v) is 5.56. The van der Waals surface area contributed by atoms with Crippen LogP contribution >= 0.6 is 0 Å². The highest BCUT2D eigenvalue weighted by Crippen LogP contribution is 2.18. The number of nitrogens with one attached hydrogen (secondary N) is 2. The maximum atomic E-state index is 13.9. The minimum atomic E-state index is -3.02. The minimum Gasteiger partial charge on any atom is -0.379 e. The molecule has 10 heteroatoms. The van der Waals surface area contributed by atoms with E-state index in [9.17, 15) is 17.2 Å². The number of nitrogens with zero attached hydrogens (tertiary/aromatic N) is 2. The fourth-order valence-corrected chi connectivity index (χ4v) is 3.59. The molecule has 1 aromatic rings. The molecule has 1 unspecified atom stereocenters. The van der Waals surface area contributed by atoms with Crippen LogP contribution in [0.4, 0.5) is 8.78 Å². The van der Waals surface area contributed by atoms with Gasteiger partial charge in [-0.2, -0.15) is 0 Å². The van der Waals surface area contributed by atoms with Crippen LogP contribution in [-0.2, 0) is 21.1 Å². The van der Waals surface area contributed by atoms with Crippen LogP contribution in [0.5, 0.6) is 0 Å². The van der Waals surface area contributed by atoms with Crippen LogP contribution in [0.3, 0.4) is 0 Å². The van der Waals surface area contributed by atoms with Crippen molar-refractivity contribution in [3.63, 3.8) is 0 Å². The summed E-state index contributed by atoms with van der Waals surface area (Å²) in [5.41, 5.74) is 0.0990. The third-order valence-electron chi connectivity index (χ3n) is 4.65. The lowest BCUT2D eigenvalue weighted by Gasteiger charge is -2.34. The molecule has 2 N–H and O–H groups in total. The zero-order valence-electron chi connectivity index (χ0n) is 17.0. The van der Waals surface area contributed by atoms with Gasteiger partial charge in [0, 0.05) is 44.5 Å². The number of ether oxygens (including phenoxy) is 1. The van der Waals surface area contributed by atoms with Crippen molar-refractivity contribution in [2.75, 3.05) is 51.9 Å². The molecule has 164 valence electrons. The van der Waals surface area contributed by atoms with Crippen molar-refractivity contribution in [1.29, 1.82) is 0 Å². The first kappa shape index (κ1) is 23.5. The van der Waals surface area contributed by atoms with Crippen LogP contribution in [0.15, 0.2) is 23.2 Å². The first-order valence-electron chi connectivity index (χ1n) is 9.66. The van der Waals surface area contributed by atoms with Gasteiger partial charge in [0.25, 0.3) is 0 Å². The summed E-state index contributed by atoms with van der Waals surface area (Å²) in [5, 5.41) is 6.45. The molecule has 0 radical (unpaired) electrons. The van der Waals surface area contributed by atoms with E-state index in [-0.39, 0.29) is 30.5 Å². The second-order valence-corrected chi connectivity index (χ2v) is 9.42. The smallest absolute Gasteiger partial charge is 0.191 e. The summed E-state index contributed by atoms with van der Waals surface area (Å²) in [6.45, 7) is 2.68. The number of hydrogen-bond donors (Lipinski definition) is 2. The van der Waals surface area contributed by atoms with Gasteiger partial charge in [-0.15, -0.1) is 0 Å². The van der Waals surface area contributed by atoms with E-state index < -0.39 is 21.5 Å². The Balaban J connectivity index is 1.75. The predicted molar refractivity (Wildman–Crippen MR) is 110 cm³/mol. The lowest BCUT2D eigenvalue weighted by Crippen LogP contribution is -2.51. The van der Waals surface area contributed by atoms with Crippen molar-refractivity contribution >= 4 is 15.8 Å². The van der Waals surface area contributed by atoms with E-state index in [1.807, 2.05) is 4.90 Å². The molecule has 1 aromatic carbocycles. The van der Waals surface area contributed by atoms with Gasteiger partial charge in [0.2, 0.25) is 0 Å². The summed E-state index contributed by atoms with van der Waals surface area (Å²) in [4.78, 5) is 6.21. The van der Waals surface area contributed by atoms with Gasteiger partial charge in [0.15, 0.2) is 5.96 Å². The summed E-state index contributed by atoms with van der Waals surface area (Å²) in [6, 6.07) is 4.04. The van der Waals surface area contributed by atoms with Gasteiger partial charge in [-0.1, -0.05) is 6.07 Å². The molecule has 7 nitrogen and oxygen atoms in total. The molecule has 0 bridgehead atoms. The number of hydrogen-bond acceptors (Lipinski definition) is 5. The van der Waals surface area contributed by atoms with Crippen LogP contribution < -0.4 is 10.6 Å². The topological polar surface area (TPSA) is 83.0 Å². The second-order valence-electron chi connectivity index (χ2n) is 7.16. The number of piperidine rings is 1. The number of aliphatic imine (C=N–C) groups is 1. The van der Waals surface area contributed by atoms with E-state index in [2.05, 4.69) is 15.6 Å². The molecule has 29 heavy (non-hydrogen) atoms. The number of guanidine groups is 1. The first-order valence-corrected chi connectivity index (χ1v) is 11.7. The highest BCUT2D eigenvalue weighted by molar-refractivity contribution is 7.90. The van der Waals surface area contributed by atoms with Crippen molar-refractivity contribution < 1.29 is 21.9 Å². The Labute approximate surface area is 171 Å². The fourth-order valence-electron chi connectivity index (χ4n) is 3.17. The lowest BCUT2D eigenvalue weighted by molar-refractivity contribution is 0.153. The van der Waals surface area contributed by atoms with Crippen LogP contribution in [-0.4, -0.2) is 77.2 Å². The fraction of sp³-hybridized carbons (Fsp3) is 0.632. The molecule has 0 spiro atoms. The third kappa shape index (κ3) is 8.63. The van der Waals surface area contributed by atoms with Crippen LogP contribution in [0.1, 0.15) is 18.4 Å². The van der Waals surface area contributed by atoms with Crippen LogP contribution in [0, 0.1) is 11.6 Å². The van der Waals surface area contributed by atoms with E-state index >= 15 is 0 Å². The van der Waals surface area contributed by atoms with Gasteiger partial charge < -0.3 is 15.4 Å². The predicted octanol–water partition coefficient (Wildman–Crippen LogP) is 1.16. The summed E-state index contributed by atoms with van der Waals surface area (Å²) in [6.07, 6.45) is 3.02. The van der Waals surface area contributed by atoms with Gasteiger partial charge >= 0.3 is 0 Å². The average Bonchev–Trinajstić information content (AvgIpc) is 2.66. The Kier molecular flexibility index (Phi) is 9.25. The summed E-state index contributed by atoms with van der Waals surface area (Å²) in [5.74, 6) is -0.428. The number of rotatable bonds is 9. The summed E-state index contributed by atoms with van der Waals surface area (Å²) >= 11 is 0. The SMILES string of the molecule is CN=C(NCCOCCS(C)(=O)=O)NC1CCCN(Cc2c(F)cccc2F)C1. The lowest BCUT2D eigenvalue weighted by atomic mass is 10.0. The second kappa shape index (κ2) is 11.4. The number of likely N-dealkylation sites (tertiary alicyclic amines) is 1. The Morgan fingerprint density at radius 3 is 2.69 bits per heavy atom. The first-order chi connectivity index (χ1) is 13.8. The molecular weight excluding hydrogens is 402 g/mol. The normalized spacial score (nSPS) is 18.6. The molecule has 1 heterocycles. The minimum absolute atomic E-state index is 0.000482. The largest absolute Gasteiger partial charge is 0.379 e. The van der Waals surface area contributed by atoms with Crippen molar-refractivity contribution in [3.05, 3.63) is 35.4 Å². The molecule has 1 fully saturated rings. The molecule has 1 atom stereocenters. The monoisotopic (exact) mass is 432 g/mol. The molecule has 1 aliphatic heterocycles. The van der Waals surface area contributed by atoms with Gasteiger partial charge in [0.1, 0.15) is 21.5 Å². The van der Waals surface area contributed by atoms with E-state index in [0.717, 1.165) is 19.4 Å². The quantitative estimate of drug-likeness (QED) is 0.346. The molecule has 2 rings (SSSR count). The van der Waals surface area contributed by atoms with Gasteiger partial charge in [-0.05, 0) is 31.5 Å². The van der Waals surface area contributed by atoms with Gasteiger partial charge in [-0.3, -0.25) is 9.89 Å². The van der Waals surface area contributed by atoms with Gasteiger partial charge in [0.05, 0.1) is 19.0 Å². The molecule has 0 aliphatic carbocycles. The zero-order valence-corrected chi connectivity index (χ0v) is 17.8. The van der Waals surface area contributed by atoms with E-state index in [1.165, 1.54) is 24.5 Å². The Bertz CT molecular complexity index is 769.